The van der Waals surface area contributed by atoms with Gasteiger partial charge in [-0.15, -0.1) is 0 Å². The van der Waals surface area contributed by atoms with Crippen LogP contribution >= 0.6 is 0 Å². The van der Waals surface area contributed by atoms with E-state index in [9.17, 15) is 9.59 Å². The van der Waals surface area contributed by atoms with Gasteiger partial charge in [0.25, 0.3) is 0 Å². The molecule has 0 aliphatic heterocycles. The monoisotopic (exact) mass is 221 g/mol. The molecular weight excluding hydrogens is 206 g/mol. The lowest BCUT2D eigenvalue weighted by Gasteiger charge is -2.07. The van der Waals surface area contributed by atoms with Crippen LogP contribution in [0.1, 0.15) is 12.8 Å². The molecule has 16 heavy (non-hydrogen) atoms. The van der Waals surface area contributed by atoms with Gasteiger partial charge in [0, 0.05) is 12.1 Å². The Balaban J connectivity index is 2.35. The van der Waals surface area contributed by atoms with Crippen molar-refractivity contribution < 1.29 is 9.59 Å². The van der Waals surface area contributed by atoms with E-state index in [4.69, 9.17) is 11.5 Å². The molecule has 1 atom stereocenters. The van der Waals surface area contributed by atoms with Crippen molar-refractivity contribution in [3.8, 4) is 0 Å². The minimum Gasteiger partial charge on any atom is -0.368 e. The SMILES string of the molecule is NC(=O)[C@@H](N)CCC(=O)Nc1ccccc1. The van der Waals surface area contributed by atoms with Gasteiger partial charge in [-0.1, -0.05) is 18.2 Å². The number of hydrogen-bond donors (Lipinski definition) is 3. The maximum Gasteiger partial charge on any atom is 0.234 e. The summed E-state index contributed by atoms with van der Waals surface area (Å²) in [5.74, 6) is -0.768. The van der Waals surface area contributed by atoms with Crippen LogP contribution in [0.5, 0.6) is 0 Å². The highest BCUT2D eigenvalue weighted by molar-refractivity contribution is 5.91. The molecule has 0 aromatic heterocycles. The van der Waals surface area contributed by atoms with Gasteiger partial charge in [-0.3, -0.25) is 9.59 Å². The van der Waals surface area contributed by atoms with Gasteiger partial charge in [0.05, 0.1) is 6.04 Å². The van der Waals surface area contributed by atoms with E-state index >= 15 is 0 Å². The molecule has 0 heterocycles. The molecule has 5 nitrogen and oxygen atoms in total. The molecule has 0 bridgehead atoms. The lowest BCUT2D eigenvalue weighted by atomic mass is 10.1. The second kappa shape index (κ2) is 5.87. The Morgan fingerprint density at radius 2 is 1.88 bits per heavy atom. The van der Waals surface area contributed by atoms with Crippen LogP contribution in [0.25, 0.3) is 0 Å². The van der Waals surface area contributed by atoms with Crippen LogP contribution in [-0.2, 0) is 9.59 Å². The van der Waals surface area contributed by atoms with Crippen molar-refractivity contribution >= 4 is 17.5 Å². The zero-order valence-electron chi connectivity index (χ0n) is 8.85. The van der Waals surface area contributed by atoms with Gasteiger partial charge in [-0.25, -0.2) is 0 Å². The standard InChI is InChI=1S/C11H15N3O2/c12-9(11(13)16)6-7-10(15)14-8-4-2-1-3-5-8/h1-5,9H,6-7,12H2,(H2,13,16)(H,14,15)/t9-/m0/s1. The van der Waals surface area contributed by atoms with Gasteiger partial charge in [0.15, 0.2) is 0 Å². The third-order valence-electron chi connectivity index (χ3n) is 2.11. The topological polar surface area (TPSA) is 98.2 Å². The smallest absolute Gasteiger partial charge is 0.234 e. The van der Waals surface area contributed by atoms with Gasteiger partial charge < -0.3 is 16.8 Å². The fraction of sp³-hybridized carbons (Fsp3) is 0.273. The summed E-state index contributed by atoms with van der Waals surface area (Å²) >= 11 is 0. The molecule has 5 N–H and O–H groups in total. The predicted octanol–water partition coefficient (Wildman–Crippen LogP) is 0.218. The van der Waals surface area contributed by atoms with Crippen LogP contribution in [0.4, 0.5) is 5.69 Å². The van der Waals surface area contributed by atoms with E-state index in [0.29, 0.717) is 0 Å². The van der Waals surface area contributed by atoms with Gasteiger partial charge >= 0.3 is 0 Å². The third-order valence-corrected chi connectivity index (χ3v) is 2.11. The highest BCUT2D eigenvalue weighted by Gasteiger charge is 2.11. The van der Waals surface area contributed by atoms with Crippen molar-refractivity contribution in [2.24, 2.45) is 11.5 Å². The van der Waals surface area contributed by atoms with Crippen molar-refractivity contribution in [3.63, 3.8) is 0 Å². The van der Waals surface area contributed by atoms with E-state index in [0.717, 1.165) is 5.69 Å². The molecule has 0 saturated carbocycles. The second-order valence-electron chi connectivity index (χ2n) is 3.46. The number of nitrogens with two attached hydrogens (primary N) is 2. The summed E-state index contributed by atoms with van der Waals surface area (Å²) in [6, 6.07) is 8.31. The van der Waals surface area contributed by atoms with Crippen molar-refractivity contribution in [1.29, 1.82) is 0 Å². The molecule has 0 fully saturated rings. The lowest BCUT2D eigenvalue weighted by molar-refractivity contribution is -0.119. The average molecular weight is 221 g/mol. The molecule has 0 aliphatic carbocycles. The largest absolute Gasteiger partial charge is 0.368 e. The Hall–Kier alpha value is -1.88. The molecule has 1 rings (SSSR count). The van der Waals surface area contributed by atoms with Crippen LogP contribution < -0.4 is 16.8 Å². The molecular formula is C11H15N3O2. The van der Waals surface area contributed by atoms with E-state index in [1.807, 2.05) is 18.2 Å². The van der Waals surface area contributed by atoms with Gasteiger partial charge in [0.1, 0.15) is 0 Å². The zero-order valence-corrected chi connectivity index (χ0v) is 8.85. The second-order valence-corrected chi connectivity index (χ2v) is 3.46. The fourth-order valence-corrected chi connectivity index (χ4v) is 1.17. The number of carbonyl (C=O) groups is 2. The Labute approximate surface area is 93.8 Å². The number of benzene rings is 1. The van der Waals surface area contributed by atoms with Crippen molar-refractivity contribution in [1.82, 2.24) is 0 Å². The Morgan fingerprint density at radius 3 is 2.44 bits per heavy atom. The van der Waals surface area contributed by atoms with Gasteiger partial charge in [-0.2, -0.15) is 0 Å². The quantitative estimate of drug-likeness (QED) is 0.663. The highest BCUT2D eigenvalue weighted by atomic mass is 16.2. The molecule has 0 saturated heterocycles. The molecule has 0 aliphatic rings. The maximum absolute atomic E-state index is 11.4. The first-order valence-corrected chi connectivity index (χ1v) is 4.99. The van der Waals surface area contributed by atoms with Crippen LogP contribution in [0.2, 0.25) is 0 Å². The number of primary amides is 1. The molecule has 1 aromatic carbocycles. The summed E-state index contributed by atoms with van der Waals surface area (Å²) in [5.41, 5.74) is 11.1. The van der Waals surface area contributed by atoms with E-state index < -0.39 is 11.9 Å². The summed E-state index contributed by atoms with van der Waals surface area (Å²) in [4.78, 5) is 22.1. The molecule has 5 heteroatoms. The number of nitrogens with one attached hydrogen (secondary N) is 1. The van der Waals surface area contributed by atoms with E-state index in [1.54, 1.807) is 12.1 Å². The van der Waals surface area contributed by atoms with Crippen molar-refractivity contribution in [2.45, 2.75) is 18.9 Å². The first-order chi connectivity index (χ1) is 7.59. The summed E-state index contributed by atoms with van der Waals surface area (Å²) in [7, 11) is 0. The Kier molecular flexibility index (Phi) is 4.47. The molecule has 86 valence electrons. The summed E-state index contributed by atoms with van der Waals surface area (Å²) in [6.07, 6.45) is 0.438. The number of anilines is 1. The first kappa shape index (κ1) is 12.2. The third kappa shape index (κ3) is 4.10. The van der Waals surface area contributed by atoms with Crippen LogP contribution in [0.15, 0.2) is 30.3 Å². The summed E-state index contributed by atoms with van der Waals surface area (Å²) in [5, 5.41) is 2.69. The predicted molar refractivity (Wildman–Crippen MR) is 61.5 cm³/mol. The van der Waals surface area contributed by atoms with Crippen molar-refractivity contribution in [2.75, 3.05) is 5.32 Å². The number of carbonyl (C=O) groups excluding carboxylic acids is 2. The van der Waals surface area contributed by atoms with Crippen molar-refractivity contribution in [3.05, 3.63) is 30.3 Å². The summed E-state index contributed by atoms with van der Waals surface area (Å²) in [6.45, 7) is 0. The maximum atomic E-state index is 11.4. The first-order valence-electron chi connectivity index (χ1n) is 4.99. The molecule has 0 spiro atoms. The Morgan fingerprint density at radius 1 is 1.25 bits per heavy atom. The van der Waals surface area contributed by atoms with Gasteiger partial charge in [-0.05, 0) is 18.6 Å². The summed E-state index contributed by atoms with van der Waals surface area (Å²) < 4.78 is 0. The molecule has 2 amide bonds. The van der Waals surface area contributed by atoms with E-state index in [-0.39, 0.29) is 18.7 Å². The molecule has 0 radical (unpaired) electrons. The minimum atomic E-state index is -0.762. The zero-order chi connectivity index (χ0) is 12.0. The molecule has 0 unspecified atom stereocenters. The van der Waals surface area contributed by atoms with Crippen LogP contribution in [0, 0.1) is 0 Å². The van der Waals surface area contributed by atoms with E-state index in [2.05, 4.69) is 5.32 Å². The number of rotatable bonds is 5. The fourth-order valence-electron chi connectivity index (χ4n) is 1.17. The number of hydrogen-bond acceptors (Lipinski definition) is 3. The average Bonchev–Trinajstić information content (AvgIpc) is 2.27. The van der Waals surface area contributed by atoms with E-state index in [1.165, 1.54) is 0 Å². The Bertz CT molecular complexity index is 365. The number of amides is 2. The minimum absolute atomic E-state index is 0.178. The van der Waals surface area contributed by atoms with Gasteiger partial charge in [0.2, 0.25) is 11.8 Å². The number of para-hydroxylation sites is 1. The molecule has 1 aromatic rings. The van der Waals surface area contributed by atoms with Crippen LogP contribution in [0.3, 0.4) is 0 Å². The lowest BCUT2D eigenvalue weighted by Crippen LogP contribution is -2.37. The highest BCUT2D eigenvalue weighted by Crippen LogP contribution is 2.06. The normalized spacial score (nSPS) is 11.8. The van der Waals surface area contributed by atoms with Crippen LogP contribution in [-0.4, -0.2) is 17.9 Å².